The number of nitrogens with two attached hydrogens (primary N) is 1. The third kappa shape index (κ3) is 4.20. The summed E-state index contributed by atoms with van der Waals surface area (Å²) in [6.45, 7) is 0. The van der Waals surface area contributed by atoms with Crippen LogP contribution < -0.4 is 11.1 Å². The number of primary amides is 1. The molecule has 0 fully saturated rings. The van der Waals surface area contributed by atoms with E-state index in [-0.39, 0.29) is 5.91 Å². The van der Waals surface area contributed by atoms with E-state index in [2.05, 4.69) is 11.4 Å². The SMILES string of the molecule is NC(=O)c1cccc(NC(=O)CCCc2cccs2)c1. The molecule has 0 aliphatic rings. The number of anilines is 1. The first-order chi connectivity index (χ1) is 9.65. The summed E-state index contributed by atoms with van der Waals surface area (Å²) in [6.07, 6.45) is 2.17. The average molecular weight is 288 g/mol. The Bertz CT molecular complexity index is 594. The summed E-state index contributed by atoms with van der Waals surface area (Å²) in [4.78, 5) is 24.1. The fourth-order valence-electron chi connectivity index (χ4n) is 1.85. The molecule has 0 aliphatic heterocycles. The molecule has 3 N–H and O–H groups in total. The van der Waals surface area contributed by atoms with Gasteiger partial charge >= 0.3 is 0 Å². The molecule has 0 radical (unpaired) electrons. The van der Waals surface area contributed by atoms with E-state index in [9.17, 15) is 9.59 Å². The monoisotopic (exact) mass is 288 g/mol. The molecule has 0 saturated carbocycles. The Morgan fingerprint density at radius 1 is 1.20 bits per heavy atom. The van der Waals surface area contributed by atoms with E-state index in [0.29, 0.717) is 17.7 Å². The average Bonchev–Trinajstić information content (AvgIpc) is 2.92. The smallest absolute Gasteiger partial charge is 0.248 e. The van der Waals surface area contributed by atoms with Gasteiger partial charge in [0.25, 0.3) is 0 Å². The van der Waals surface area contributed by atoms with Gasteiger partial charge in [-0.1, -0.05) is 12.1 Å². The number of thiophene rings is 1. The Hall–Kier alpha value is -2.14. The lowest BCUT2D eigenvalue weighted by Gasteiger charge is -2.06. The summed E-state index contributed by atoms with van der Waals surface area (Å²) in [7, 11) is 0. The molecule has 0 unspecified atom stereocenters. The quantitative estimate of drug-likeness (QED) is 0.858. The molecule has 0 bridgehead atoms. The highest BCUT2D eigenvalue weighted by atomic mass is 32.1. The molecule has 0 saturated heterocycles. The molecule has 0 atom stereocenters. The van der Waals surface area contributed by atoms with Crippen molar-refractivity contribution in [3.05, 3.63) is 52.2 Å². The molecule has 4 nitrogen and oxygen atoms in total. The Labute approximate surface area is 121 Å². The van der Waals surface area contributed by atoms with Gasteiger partial charge in [-0.3, -0.25) is 9.59 Å². The van der Waals surface area contributed by atoms with Crippen molar-refractivity contribution in [2.24, 2.45) is 5.73 Å². The molecule has 2 amide bonds. The highest BCUT2D eigenvalue weighted by Gasteiger charge is 2.05. The second kappa shape index (κ2) is 6.86. The van der Waals surface area contributed by atoms with Gasteiger partial charge in [0, 0.05) is 22.5 Å². The normalized spacial score (nSPS) is 10.2. The van der Waals surface area contributed by atoms with Crippen molar-refractivity contribution in [3.63, 3.8) is 0 Å². The predicted molar refractivity (Wildman–Crippen MR) is 80.8 cm³/mol. The van der Waals surface area contributed by atoms with E-state index >= 15 is 0 Å². The third-order valence-electron chi connectivity index (χ3n) is 2.84. The van der Waals surface area contributed by atoms with Crippen LogP contribution in [0.5, 0.6) is 0 Å². The summed E-state index contributed by atoms with van der Waals surface area (Å²) in [5.41, 5.74) is 6.19. The summed E-state index contributed by atoms with van der Waals surface area (Å²) in [6, 6.07) is 10.7. The van der Waals surface area contributed by atoms with Gasteiger partial charge in [-0.2, -0.15) is 0 Å². The Kier molecular flexibility index (Phi) is 4.90. The first-order valence-corrected chi connectivity index (χ1v) is 7.25. The van der Waals surface area contributed by atoms with Crippen LogP contribution in [0.25, 0.3) is 0 Å². The second-order valence-corrected chi connectivity index (χ2v) is 5.46. The van der Waals surface area contributed by atoms with Crippen LogP contribution in [0.1, 0.15) is 28.1 Å². The number of hydrogen-bond acceptors (Lipinski definition) is 3. The highest BCUT2D eigenvalue weighted by Crippen LogP contribution is 2.14. The number of benzene rings is 1. The van der Waals surface area contributed by atoms with Crippen molar-refractivity contribution in [3.8, 4) is 0 Å². The molecule has 1 aromatic carbocycles. The molecule has 2 rings (SSSR count). The van der Waals surface area contributed by atoms with Gasteiger partial charge in [0.05, 0.1) is 0 Å². The molecule has 5 heteroatoms. The molecule has 0 aliphatic carbocycles. The van der Waals surface area contributed by atoms with Crippen molar-refractivity contribution >= 4 is 28.8 Å². The topological polar surface area (TPSA) is 72.2 Å². The molecule has 1 heterocycles. The largest absolute Gasteiger partial charge is 0.366 e. The highest BCUT2D eigenvalue weighted by molar-refractivity contribution is 7.09. The number of amides is 2. The van der Waals surface area contributed by atoms with Crippen LogP contribution in [0.4, 0.5) is 5.69 Å². The Morgan fingerprint density at radius 2 is 2.05 bits per heavy atom. The maximum absolute atomic E-state index is 11.8. The zero-order valence-electron chi connectivity index (χ0n) is 11.0. The fraction of sp³-hybridized carbons (Fsp3) is 0.200. The first-order valence-electron chi connectivity index (χ1n) is 6.37. The number of rotatable bonds is 6. The molecular formula is C15H16N2O2S. The Balaban J connectivity index is 1.82. The third-order valence-corrected chi connectivity index (χ3v) is 3.77. The van der Waals surface area contributed by atoms with E-state index in [1.807, 2.05) is 11.4 Å². The molecule has 20 heavy (non-hydrogen) atoms. The van der Waals surface area contributed by atoms with E-state index in [4.69, 9.17) is 5.73 Å². The van der Waals surface area contributed by atoms with Gasteiger partial charge in [0.15, 0.2) is 0 Å². The minimum Gasteiger partial charge on any atom is -0.366 e. The number of nitrogens with one attached hydrogen (secondary N) is 1. The summed E-state index contributed by atoms with van der Waals surface area (Å²) in [5, 5.41) is 4.81. The number of carbonyl (C=O) groups excluding carboxylic acids is 2. The lowest BCUT2D eigenvalue weighted by atomic mass is 10.1. The second-order valence-electron chi connectivity index (χ2n) is 4.43. The standard InChI is InChI=1S/C15H16N2O2S/c16-15(19)11-4-1-5-12(10-11)17-14(18)8-2-6-13-7-3-9-20-13/h1,3-5,7,9-10H,2,6,8H2,(H2,16,19)(H,17,18). The van der Waals surface area contributed by atoms with Crippen molar-refractivity contribution in [1.29, 1.82) is 0 Å². The van der Waals surface area contributed by atoms with Crippen molar-refractivity contribution in [1.82, 2.24) is 0 Å². The first kappa shape index (κ1) is 14.3. The van der Waals surface area contributed by atoms with E-state index in [1.165, 1.54) is 4.88 Å². The Morgan fingerprint density at radius 3 is 2.75 bits per heavy atom. The fourth-order valence-corrected chi connectivity index (χ4v) is 2.60. The minimum atomic E-state index is -0.501. The zero-order chi connectivity index (χ0) is 14.4. The molecular weight excluding hydrogens is 272 g/mol. The summed E-state index contributed by atoms with van der Waals surface area (Å²) < 4.78 is 0. The number of aryl methyl sites for hydroxylation is 1. The molecule has 1 aromatic heterocycles. The van der Waals surface area contributed by atoms with Crippen molar-refractivity contribution in [2.45, 2.75) is 19.3 Å². The van der Waals surface area contributed by atoms with Crippen LogP contribution in [0, 0.1) is 0 Å². The predicted octanol–water partition coefficient (Wildman–Crippen LogP) is 2.81. The van der Waals surface area contributed by atoms with E-state index < -0.39 is 5.91 Å². The van der Waals surface area contributed by atoms with Gasteiger partial charge in [0.1, 0.15) is 0 Å². The van der Waals surface area contributed by atoms with Gasteiger partial charge in [0.2, 0.25) is 11.8 Å². The van der Waals surface area contributed by atoms with Crippen molar-refractivity contribution < 1.29 is 9.59 Å². The lowest BCUT2D eigenvalue weighted by Crippen LogP contribution is -2.14. The van der Waals surface area contributed by atoms with Crippen LogP contribution in [-0.4, -0.2) is 11.8 Å². The summed E-state index contributed by atoms with van der Waals surface area (Å²) in [5.74, 6) is -0.554. The molecule has 0 spiro atoms. The minimum absolute atomic E-state index is 0.0526. The van der Waals surface area contributed by atoms with Crippen LogP contribution in [0.3, 0.4) is 0 Å². The summed E-state index contributed by atoms with van der Waals surface area (Å²) >= 11 is 1.70. The number of hydrogen-bond donors (Lipinski definition) is 2. The van der Waals surface area contributed by atoms with E-state index in [0.717, 1.165) is 12.8 Å². The van der Waals surface area contributed by atoms with E-state index in [1.54, 1.807) is 35.6 Å². The van der Waals surface area contributed by atoms with Crippen LogP contribution >= 0.6 is 11.3 Å². The van der Waals surface area contributed by atoms with Crippen LogP contribution in [0.2, 0.25) is 0 Å². The van der Waals surface area contributed by atoms with Crippen LogP contribution in [0.15, 0.2) is 41.8 Å². The van der Waals surface area contributed by atoms with Crippen LogP contribution in [-0.2, 0) is 11.2 Å². The van der Waals surface area contributed by atoms with Gasteiger partial charge < -0.3 is 11.1 Å². The van der Waals surface area contributed by atoms with Crippen molar-refractivity contribution in [2.75, 3.05) is 5.32 Å². The molecule has 2 aromatic rings. The van der Waals surface area contributed by atoms with Gasteiger partial charge in [-0.05, 0) is 42.5 Å². The maximum atomic E-state index is 11.8. The molecule has 104 valence electrons. The lowest BCUT2D eigenvalue weighted by molar-refractivity contribution is -0.116. The van der Waals surface area contributed by atoms with Gasteiger partial charge in [-0.25, -0.2) is 0 Å². The maximum Gasteiger partial charge on any atom is 0.248 e. The number of carbonyl (C=O) groups is 2. The van der Waals surface area contributed by atoms with Gasteiger partial charge in [-0.15, -0.1) is 11.3 Å². The zero-order valence-corrected chi connectivity index (χ0v) is 11.8.